The Kier molecular flexibility index (Phi) is 4.81. The van der Waals surface area contributed by atoms with Crippen molar-refractivity contribution in [2.75, 3.05) is 6.61 Å². The van der Waals surface area contributed by atoms with Crippen molar-refractivity contribution in [3.8, 4) is 5.88 Å². The van der Waals surface area contributed by atoms with Crippen LogP contribution in [0.2, 0.25) is 0 Å². The predicted molar refractivity (Wildman–Crippen MR) is 78.5 cm³/mol. The molecule has 1 saturated carbocycles. The Labute approximate surface area is 116 Å². The quantitative estimate of drug-likeness (QED) is 0.818. The van der Waals surface area contributed by atoms with E-state index >= 15 is 0 Å². The average molecular weight is 262 g/mol. The van der Waals surface area contributed by atoms with Gasteiger partial charge in [0.05, 0.1) is 6.61 Å². The number of nitrogens with zero attached hydrogens (tertiary/aromatic N) is 1. The van der Waals surface area contributed by atoms with Crippen LogP contribution in [0.15, 0.2) is 6.07 Å². The molecule has 0 bridgehead atoms. The second-order valence-electron chi connectivity index (χ2n) is 6.05. The summed E-state index contributed by atoms with van der Waals surface area (Å²) >= 11 is 0. The second kappa shape index (κ2) is 6.38. The molecular formula is C16H26N2O. The zero-order chi connectivity index (χ0) is 13.8. The zero-order valence-corrected chi connectivity index (χ0v) is 12.6. The molecule has 1 N–H and O–H groups in total. The number of aromatic nitrogens is 1. The van der Waals surface area contributed by atoms with Crippen LogP contribution in [-0.4, -0.2) is 17.6 Å². The fourth-order valence-corrected chi connectivity index (χ4v) is 2.09. The summed E-state index contributed by atoms with van der Waals surface area (Å²) in [5.74, 6) is 1.49. The van der Waals surface area contributed by atoms with E-state index in [0.29, 0.717) is 12.0 Å². The van der Waals surface area contributed by atoms with Gasteiger partial charge in [-0.15, -0.1) is 0 Å². The Balaban J connectivity index is 2.03. The van der Waals surface area contributed by atoms with Crippen LogP contribution < -0.4 is 10.1 Å². The largest absolute Gasteiger partial charge is 0.477 e. The van der Waals surface area contributed by atoms with Gasteiger partial charge in [0.1, 0.15) is 0 Å². The highest BCUT2D eigenvalue weighted by atomic mass is 16.5. The van der Waals surface area contributed by atoms with Crippen LogP contribution in [0.1, 0.15) is 49.9 Å². The lowest BCUT2D eigenvalue weighted by molar-refractivity contribution is 0.275. The molecular weight excluding hydrogens is 236 g/mol. The van der Waals surface area contributed by atoms with Crippen molar-refractivity contribution in [3.63, 3.8) is 0 Å². The molecule has 1 aromatic rings. The van der Waals surface area contributed by atoms with E-state index in [1.54, 1.807) is 0 Å². The molecule has 1 fully saturated rings. The van der Waals surface area contributed by atoms with E-state index in [1.165, 1.54) is 24.0 Å². The van der Waals surface area contributed by atoms with Crippen LogP contribution in [0.5, 0.6) is 5.88 Å². The SMILES string of the molecule is Cc1cc(C)c(CNC2CC2)c(OCCC(C)C)n1. The molecule has 0 unspecified atom stereocenters. The molecule has 0 amide bonds. The number of pyridine rings is 1. The maximum absolute atomic E-state index is 5.91. The van der Waals surface area contributed by atoms with Crippen LogP contribution in [0.4, 0.5) is 0 Å². The Morgan fingerprint density at radius 1 is 1.37 bits per heavy atom. The van der Waals surface area contributed by atoms with Crippen molar-refractivity contribution in [1.82, 2.24) is 10.3 Å². The molecule has 106 valence electrons. The van der Waals surface area contributed by atoms with Crippen LogP contribution in [0, 0.1) is 19.8 Å². The summed E-state index contributed by atoms with van der Waals surface area (Å²) in [5, 5.41) is 3.55. The number of ether oxygens (including phenoxy) is 1. The number of nitrogens with one attached hydrogen (secondary N) is 1. The van der Waals surface area contributed by atoms with Crippen molar-refractivity contribution in [1.29, 1.82) is 0 Å². The molecule has 0 aliphatic heterocycles. The number of hydrogen-bond donors (Lipinski definition) is 1. The normalized spacial score (nSPS) is 15.0. The Morgan fingerprint density at radius 2 is 2.11 bits per heavy atom. The minimum absolute atomic E-state index is 0.666. The molecule has 19 heavy (non-hydrogen) atoms. The van der Waals surface area contributed by atoms with E-state index in [-0.39, 0.29) is 0 Å². The summed E-state index contributed by atoms with van der Waals surface area (Å²) in [6, 6.07) is 2.85. The first-order valence-corrected chi connectivity index (χ1v) is 7.39. The van der Waals surface area contributed by atoms with Crippen LogP contribution >= 0.6 is 0 Å². The standard InChI is InChI=1S/C16H26N2O/c1-11(2)7-8-19-16-15(10-17-14-5-6-14)12(3)9-13(4)18-16/h9,11,14,17H,5-8,10H2,1-4H3. The Morgan fingerprint density at radius 3 is 2.74 bits per heavy atom. The molecule has 3 nitrogen and oxygen atoms in total. The molecule has 0 spiro atoms. The maximum Gasteiger partial charge on any atom is 0.218 e. The van der Waals surface area contributed by atoms with Gasteiger partial charge < -0.3 is 10.1 Å². The van der Waals surface area contributed by atoms with Crippen molar-refractivity contribution in [2.24, 2.45) is 5.92 Å². The first-order chi connectivity index (χ1) is 9.06. The highest BCUT2D eigenvalue weighted by molar-refractivity contribution is 5.36. The highest BCUT2D eigenvalue weighted by Gasteiger charge is 2.21. The molecule has 2 rings (SSSR count). The molecule has 0 radical (unpaired) electrons. The average Bonchev–Trinajstić information content (AvgIpc) is 3.11. The van der Waals surface area contributed by atoms with Gasteiger partial charge >= 0.3 is 0 Å². The van der Waals surface area contributed by atoms with Gasteiger partial charge in [-0.3, -0.25) is 0 Å². The molecule has 1 aliphatic rings. The maximum atomic E-state index is 5.91. The van der Waals surface area contributed by atoms with Crippen LogP contribution in [0.25, 0.3) is 0 Å². The summed E-state index contributed by atoms with van der Waals surface area (Å²) in [6.07, 6.45) is 3.69. The minimum atomic E-state index is 0.666. The predicted octanol–water partition coefficient (Wildman–Crippen LogP) is 3.38. The van der Waals surface area contributed by atoms with Crippen LogP contribution in [-0.2, 0) is 6.54 Å². The summed E-state index contributed by atoms with van der Waals surface area (Å²) in [5.41, 5.74) is 3.54. The third-order valence-electron chi connectivity index (χ3n) is 3.52. The molecule has 0 aromatic carbocycles. The summed E-state index contributed by atoms with van der Waals surface area (Å²) in [6.45, 7) is 10.2. The topological polar surface area (TPSA) is 34.1 Å². The lowest BCUT2D eigenvalue weighted by atomic mass is 10.1. The fourth-order valence-electron chi connectivity index (χ4n) is 2.09. The minimum Gasteiger partial charge on any atom is -0.477 e. The van der Waals surface area contributed by atoms with E-state index in [9.17, 15) is 0 Å². The Bertz CT molecular complexity index is 425. The van der Waals surface area contributed by atoms with E-state index in [2.05, 4.69) is 37.1 Å². The van der Waals surface area contributed by atoms with Gasteiger partial charge in [0.2, 0.25) is 5.88 Å². The summed E-state index contributed by atoms with van der Waals surface area (Å²) in [7, 11) is 0. The smallest absolute Gasteiger partial charge is 0.218 e. The molecule has 1 heterocycles. The third-order valence-corrected chi connectivity index (χ3v) is 3.52. The molecule has 1 aliphatic carbocycles. The zero-order valence-electron chi connectivity index (χ0n) is 12.6. The molecule has 1 aromatic heterocycles. The van der Waals surface area contributed by atoms with Crippen molar-refractivity contribution in [3.05, 3.63) is 22.9 Å². The highest BCUT2D eigenvalue weighted by Crippen LogP contribution is 2.24. The molecule has 0 atom stereocenters. The van der Waals surface area contributed by atoms with Gasteiger partial charge in [-0.1, -0.05) is 13.8 Å². The van der Waals surface area contributed by atoms with Gasteiger partial charge in [0, 0.05) is 23.8 Å². The van der Waals surface area contributed by atoms with Gasteiger partial charge in [-0.05, 0) is 50.7 Å². The van der Waals surface area contributed by atoms with E-state index in [0.717, 1.165) is 31.1 Å². The summed E-state index contributed by atoms with van der Waals surface area (Å²) < 4.78 is 5.91. The number of rotatable bonds is 7. The first kappa shape index (κ1) is 14.3. The molecule has 3 heteroatoms. The lowest BCUT2D eigenvalue weighted by Crippen LogP contribution is -2.18. The van der Waals surface area contributed by atoms with Crippen molar-refractivity contribution >= 4 is 0 Å². The van der Waals surface area contributed by atoms with E-state index in [4.69, 9.17) is 4.74 Å². The van der Waals surface area contributed by atoms with Gasteiger partial charge in [-0.25, -0.2) is 4.98 Å². The van der Waals surface area contributed by atoms with E-state index < -0.39 is 0 Å². The summed E-state index contributed by atoms with van der Waals surface area (Å²) in [4.78, 5) is 4.57. The third kappa shape index (κ3) is 4.50. The number of aryl methyl sites for hydroxylation is 2. The second-order valence-corrected chi connectivity index (χ2v) is 6.05. The van der Waals surface area contributed by atoms with Crippen LogP contribution in [0.3, 0.4) is 0 Å². The monoisotopic (exact) mass is 262 g/mol. The fraction of sp³-hybridized carbons (Fsp3) is 0.688. The Hall–Kier alpha value is -1.09. The van der Waals surface area contributed by atoms with Gasteiger partial charge in [0.15, 0.2) is 0 Å². The van der Waals surface area contributed by atoms with E-state index in [1.807, 2.05) is 6.92 Å². The molecule has 0 saturated heterocycles. The van der Waals surface area contributed by atoms with Crippen molar-refractivity contribution in [2.45, 2.75) is 59.5 Å². The lowest BCUT2D eigenvalue weighted by Gasteiger charge is -2.15. The number of hydrogen-bond acceptors (Lipinski definition) is 3. The first-order valence-electron chi connectivity index (χ1n) is 7.39. The van der Waals surface area contributed by atoms with Gasteiger partial charge in [0.25, 0.3) is 0 Å². The van der Waals surface area contributed by atoms with Gasteiger partial charge in [-0.2, -0.15) is 0 Å². The van der Waals surface area contributed by atoms with Crippen molar-refractivity contribution < 1.29 is 4.74 Å².